The Morgan fingerprint density at radius 3 is 2.47 bits per heavy atom. The molecule has 114 valence electrons. The molecule has 0 aromatic rings. The molecular formula is C15H33NO2Si. The average Bonchev–Trinajstić information content (AvgIpc) is 2.43. The standard InChI is InChI=1S/C15H33NO2Si/c1-6-14-10-9-12-17-15(14)19(4,5)18-13-11-16(7-2)8-3/h14-15H,6-13H2,1-5H3. The van der Waals surface area contributed by atoms with Gasteiger partial charge in [0.25, 0.3) is 0 Å². The van der Waals surface area contributed by atoms with E-state index in [2.05, 4.69) is 38.8 Å². The fourth-order valence-electron chi connectivity index (χ4n) is 3.09. The van der Waals surface area contributed by atoms with Gasteiger partial charge in [-0.2, -0.15) is 0 Å². The first-order valence-corrected chi connectivity index (χ1v) is 11.0. The van der Waals surface area contributed by atoms with Crippen LogP contribution in [0.5, 0.6) is 0 Å². The van der Waals surface area contributed by atoms with E-state index in [0.717, 1.165) is 32.8 Å². The van der Waals surface area contributed by atoms with Gasteiger partial charge in [0, 0.05) is 19.8 Å². The van der Waals surface area contributed by atoms with Crippen LogP contribution < -0.4 is 0 Å². The van der Waals surface area contributed by atoms with Gasteiger partial charge in [0.1, 0.15) is 0 Å². The molecular weight excluding hydrogens is 254 g/mol. The van der Waals surface area contributed by atoms with Gasteiger partial charge >= 0.3 is 0 Å². The maximum Gasteiger partial charge on any atom is 0.215 e. The van der Waals surface area contributed by atoms with E-state index in [9.17, 15) is 0 Å². The highest BCUT2D eigenvalue weighted by molar-refractivity contribution is 6.72. The fraction of sp³-hybridized carbons (Fsp3) is 1.00. The second kappa shape index (κ2) is 8.40. The molecule has 0 amide bonds. The highest BCUT2D eigenvalue weighted by atomic mass is 28.4. The highest BCUT2D eigenvalue weighted by Crippen LogP contribution is 2.30. The molecule has 0 N–H and O–H groups in total. The van der Waals surface area contributed by atoms with Crippen molar-refractivity contribution >= 4 is 8.32 Å². The van der Waals surface area contributed by atoms with E-state index in [1.165, 1.54) is 19.3 Å². The van der Waals surface area contributed by atoms with Crippen LogP contribution in [0.1, 0.15) is 40.0 Å². The largest absolute Gasteiger partial charge is 0.413 e. The van der Waals surface area contributed by atoms with Gasteiger partial charge in [0.2, 0.25) is 8.32 Å². The molecule has 0 aliphatic carbocycles. The van der Waals surface area contributed by atoms with Crippen molar-refractivity contribution in [1.82, 2.24) is 4.90 Å². The summed E-state index contributed by atoms with van der Waals surface area (Å²) in [6.45, 7) is 16.4. The minimum absolute atomic E-state index is 0.392. The monoisotopic (exact) mass is 287 g/mol. The zero-order valence-corrected chi connectivity index (χ0v) is 14.6. The van der Waals surface area contributed by atoms with Crippen LogP contribution in [0.4, 0.5) is 0 Å². The predicted molar refractivity (Wildman–Crippen MR) is 84.0 cm³/mol. The lowest BCUT2D eigenvalue weighted by Crippen LogP contribution is -2.53. The normalized spacial score (nSPS) is 24.9. The first-order chi connectivity index (χ1) is 9.05. The lowest BCUT2D eigenvalue weighted by Gasteiger charge is -2.40. The molecule has 4 heteroatoms. The zero-order chi connectivity index (χ0) is 14.3. The number of ether oxygens (including phenoxy) is 1. The Hall–Kier alpha value is 0.0969. The number of hydrogen-bond acceptors (Lipinski definition) is 3. The van der Waals surface area contributed by atoms with Gasteiger partial charge in [-0.1, -0.05) is 27.2 Å². The lowest BCUT2D eigenvalue weighted by molar-refractivity contribution is 0.00324. The van der Waals surface area contributed by atoms with Crippen LogP contribution >= 0.6 is 0 Å². The molecule has 2 atom stereocenters. The van der Waals surface area contributed by atoms with Crippen molar-refractivity contribution in [3.63, 3.8) is 0 Å². The van der Waals surface area contributed by atoms with Crippen LogP contribution in [-0.2, 0) is 9.16 Å². The second-order valence-electron chi connectivity index (χ2n) is 6.08. The number of hydrogen-bond donors (Lipinski definition) is 0. The molecule has 1 heterocycles. The van der Waals surface area contributed by atoms with Crippen LogP contribution in [0.3, 0.4) is 0 Å². The molecule has 1 saturated heterocycles. The molecule has 0 bridgehead atoms. The SMILES string of the molecule is CCC1CCCOC1[Si](C)(C)OCCN(CC)CC. The van der Waals surface area contributed by atoms with Crippen LogP contribution in [0.2, 0.25) is 13.1 Å². The summed E-state index contributed by atoms with van der Waals surface area (Å²) in [7, 11) is -1.73. The third-order valence-electron chi connectivity index (χ3n) is 4.43. The Bertz CT molecular complexity index is 244. The van der Waals surface area contributed by atoms with Crippen molar-refractivity contribution in [2.45, 2.75) is 58.9 Å². The van der Waals surface area contributed by atoms with Gasteiger partial charge in [0.15, 0.2) is 0 Å². The summed E-state index contributed by atoms with van der Waals surface area (Å²) < 4.78 is 12.4. The number of rotatable bonds is 8. The van der Waals surface area contributed by atoms with Crippen molar-refractivity contribution in [2.75, 3.05) is 32.8 Å². The van der Waals surface area contributed by atoms with E-state index < -0.39 is 8.32 Å². The van der Waals surface area contributed by atoms with Gasteiger partial charge in [-0.25, -0.2) is 0 Å². The van der Waals surface area contributed by atoms with Crippen LogP contribution in [-0.4, -0.2) is 51.8 Å². The van der Waals surface area contributed by atoms with Crippen molar-refractivity contribution in [1.29, 1.82) is 0 Å². The van der Waals surface area contributed by atoms with E-state index in [0.29, 0.717) is 11.6 Å². The Morgan fingerprint density at radius 2 is 1.89 bits per heavy atom. The fourth-order valence-corrected chi connectivity index (χ4v) is 5.93. The molecule has 0 radical (unpaired) electrons. The smallest absolute Gasteiger partial charge is 0.215 e. The first kappa shape index (κ1) is 17.1. The summed E-state index contributed by atoms with van der Waals surface area (Å²) in [5.74, 6) is 0.712. The molecule has 0 spiro atoms. The predicted octanol–water partition coefficient (Wildman–Crippen LogP) is 3.29. The summed E-state index contributed by atoms with van der Waals surface area (Å²) in [5.41, 5.74) is 0.392. The van der Waals surface area contributed by atoms with Gasteiger partial charge in [-0.3, -0.25) is 0 Å². The summed E-state index contributed by atoms with van der Waals surface area (Å²) in [4.78, 5) is 2.42. The molecule has 3 nitrogen and oxygen atoms in total. The van der Waals surface area contributed by atoms with Gasteiger partial charge in [-0.05, 0) is 44.9 Å². The first-order valence-electron chi connectivity index (χ1n) is 8.03. The number of likely N-dealkylation sites (N-methyl/N-ethyl adjacent to an activating group) is 1. The molecule has 2 unspecified atom stereocenters. The van der Waals surface area contributed by atoms with E-state index in [4.69, 9.17) is 9.16 Å². The van der Waals surface area contributed by atoms with E-state index in [1.54, 1.807) is 0 Å². The van der Waals surface area contributed by atoms with Gasteiger partial charge in [0.05, 0.1) is 5.73 Å². The molecule has 1 rings (SSSR count). The summed E-state index contributed by atoms with van der Waals surface area (Å²) in [6.07, 6.45) is 3.76. The van der Waals surface area contributed by atoms with E-state index in [1.807, 2.05) is 0 Å². The summed E-state index contributed by atoms with van der Waals surface area (Å²) in [6, 6.07) is 0. The Labute approximate surface area is 120 Å². The summed E-state index contributed by atoms with van der Waals surface area (Å²) in [5, 5.41) is 0. The molecule has 19 heavy (non-hydrogen) atoms. The second-order valence-corrected chi connectivity index (χ2v) is 10.1. The average molecular weight is 288 g/mol. The maximum absolute atomic E-state index is 6.31. The Morgan fingerprint density at radius 1 is 1.21 bits per heavy atom. The molecule has 1 fully saturated rings. The molecule has 1 aliphatic heterocycles. The topological polar surface area (TPSA) is 21.7 Å². The maximum atomic E-state index is 6.31. The van der Waals surface area contributed by atoms with Crippen molar-refractivity contribution in [3.05, 3.63) is 0 Å². The van der Waals surface area contributed by atoms with E-state index >= 15 is 0 Å². The van der Waals surface area contributed by atoms with Crippen molar-refractivity contribution in [2.24, 2.45) is 5.92 Å². The minimum atomic E-state index is -1.73. The minimum Gasteiger partial charge on any atom is -0.413 e. The lowest BCUT2D eigenvalue weighted by atomic mass is 9.99. The van der Waals surface area contributed by atoms with Crippen LogP contribution in [0, 0.1) is 5.92 Å². The quantitative estimate of drug-likeness (QED) is 0.639. The molecule has 1 aliphatic rings. The van der Waals surface area contributed by atoms with E-state index in [-0.39, 0.29) is 0 Å². The zero-order valence-electron chi connectivity index (χ0n) is 13.6. The van der Waals surface area contributed by atoms with Gasteiger partial charge < -0.3 is 14.1 Å². The Balaban J connectivity index is 2.44. The molecule has 0 aromatic heterocycles. The third-order valence-corrected chi connectivity index (χ3v) is 7.39. The highest BCUT2D eigenvalue weighted by Gasteiger charge is 2.41. The number of nitrogens with zero attached hydrogens (tertiary/aromatic N) is 1. The molecule has 0 saturated carbocycles. The van der Waals surface area contributed by atoms with Crippen LogP contribution in [0.15, 0.2) is 0 Å². The molecule has 0 aromatic carbocycles. The van der Waals surface area contributed by atoms with Crippen LogP contribution in [0.25, 0.3) is 0 Å². The van der Waals surface area contributed by atoms with Gasteiger partial charge in [-0.15, -0.1) is 0 Å². The van der Waals surface area contributed by atoms with Crippen molar-refractivity contribution in [3.8, 4) is 0 Å². The summed E-state index contributed by atoms with van der Waals surface area (Å²) >= 11 is 0. The Kier molecular flexibility index (Phi) is 7.58. The van der Waals surface area contributed by atoms with Crippen molar-refractivity contribution < 1.29 is 9.16 Å². The third kappa shape index (κ3) is 5.18.